The van der Waals surface area contributed by atoms with E-state index < -0.39 is 9.84 Å². The van der Waals surface area contributed by atoms with E-state index in [1.54, 1.807) is 0 Å². The molecular formula is C22H26N2O3S. The van der Waals surface area contributed by atoms with Crippen molar-refractivity contribution in [2.24, 2.45) is 5.41 Å². The third-order valence-electron chi connectivity index (χ3n) is 6.22. The molecule has 1 spiro atoms. The van der Waals surface area contributed by atoms with Crippen molar-refractivity contribution in [1.29, 1.82) is 0 Å². The number of rotatable bonds is 2. The standard InChI is InChI=1S/C22H26N2O3S/c25-21(23-20-8-4-7-19(17-20)18-5-2-1-3-6-18)24-13-9-22(10-14-24)11-15-28(26,27)16-12-22/h1-8,17H,9-16H2,(H,23,25). The zero-order valence-corrected chi connectivity index (χ0v) is 16.7. The lowest BCUT2D eigenvalue weighted by Crippen LogP contribution is -2.47. The number of sulfone groups is 1. The van der Waals surface area contributed by atoms with Crippen LogP contribution in [0, 0.1) is 5.41 Å². The van der Waals surface area contributed by atoms with Crippen molar-refractivity contribution in [2.45, 2.75) is 25.7 Å². The molecule has 2 heterocycles. The van der Waals surface area contributed by atoms with Gasteiger partial charge in [0.05, 0.1) is 11.5 Å². The molecule has 0 aromatic heterocycles. The molecule has 2 saturated heterocycles. The Labute approximate surface area is 166 Å². The highest BCUT2D eigenvalue weighted by molar-refractivity contribution is 7.91. The molecule has 0 radical (unpaired) electrons. The minimum Gasteiger partial charge on any atom is -0.324 e. The molecule has 2 aliphatic heterocycles. The van der Waals surface area contributed by atoms with Gasteiger partial charge in [0, 0.05) is 18.8 Å². The predicted octanol–water partition coefficient (Wildman–Crippen LogP) is 4.18. The maximum atomic E-state index is 12.7. The van der Waals surface area contributed by atoms with E-state index in [-0.39, 0.29) is 11.4 Å². The van der Waals surface area contributed by atoms with Gasteiger partial charge in [0.25, 0.3) is 0 Å². The third kappa shape index (κ3) is 4.22. The largest absolute Gasteiger partial charge is 0.324 e. The van der Waals surface area contributed by atoms with Crippen LogP contribution in [0.3, 0.4) is 0 Å². The molecule has 2 aromatic rings. The summed E-state index contributed by atoms with van der Waals surface area (Å²) in [5.74, 6) is 0.594. The highest BCUT2D eigenvalue weighted by Gasteiger charge is 2.40. The molecule has 0 aliphatic carbocycles. The smallest absolute Gasteiger partial charge is 0.321 e. The van der Waals surface area contributed by atoms with Crippen LogP contribution in [0.1, 0.15) is 25.7 Å². The Bertz CT molecular complexity index is 933. The van der Waals surface area contributed by atoms with E-state index in [1.807, 2.05) is 47.4 Å². The second-order valence-electron chi connectivity index (χ2n) is 8.02. The monoisotopic (exact) mass is 398 g/mol. The Kier molecular flexibility index (Phi) is 5.15. The van der Waals surface area contributed by atoms with Gasteiger partial charge in [0.15, 0.2) is 0 Å². The first-order valence-electron chi connectivity index (χ1n) is 9.87. The lowest BCUT2D eigenvalue weighted by molar-refractivity contribution is 0.112. The minimum atomic E-state index is -2.85. The van der Waals surface area contributed by atoms with Gasteiger partial charge in [-0.2, -0.15) is 0 Å². The van der Waals surface area contributed by atoms with Crippen LogP contribution in [-0.4, -0.2) is 43.9 Å². The molecule has 148 valence electrons. The Morgan fingerprint density at radius 2 is 1.50 bits per heavy atom. The summed E-state index contributed by atoms with van der Waals surface area (Å²) in [6.07, 6.45) is 3.26. The second kappa shape index (κ2) is 7.59. The van der Waals surface area contributed by atoms with E-state index in [4.69, 9.17) is 0 Å². The number of hydrogen-bond acceptors (Lipinski definition) is 3. The number of anilines is 1. The van der Waals surface area contributed by atoms with Crippen LogP contribution < -0.4 is 5.32 Å². The summed E-state index contributed by atoms with van der Waals surface area (Å²) < 4.78 is 23.4. The van der Waals surface area contributed by atoms with Crippen molar-refractivity contribution in [1.82, 2.24) is 4.90 Å². The second-order valence-corrected chi connectivity index (χ2v) is 10.3. The molecule has 2 aromatic carbocycles. The van der Waals surface area contributed by atoms with Crippen molar-refractivity contribution in [3.63, 3.8) is 0 Å². The first kappa shape index (κ1) is 19.0. The number of likely N-dealkylation sites (tertiary alicyclic amines) is 1. The zero-order chi connectivity index (χ0) is 19.6. The van der Waals surface area contributed by atoms with E-state index in [0.29, 0.717) is 24.6 Å². The summed E-state index contributed by atoms with van der Waals surface area (Å²) in [6, 6.07) is 17.9. The summed E-state index contributed by atoms with van der Waals surface area (Å²) in [5, 5.41) is 3.02. The fraction of sp³-hybridized carbons (Fsp3) is 0.409. The number of carbonyl (C=O) groups excluding carboxylic acids is 1. The van der Waals surface area contributed by atoms with Gasteiger partial charge < -0.3 is 10.2 Å². The number of piperidine rings is 1. The van der Waals surface area contributed by atoms with Gasteiger partial charge in [-0.15, -0.1) is 0 Å². The predicted molar refractivity (Wildman–Crippen MR) is 112 cm³/mol. The van der Waals surface area contributed by atoms with Crippen LogP contribution in [0.2, 0.25) is 0 Å². The van der Waals surface area contributed by atoms with Crippen LogP contribution in [0.5, 0.6) is 0 Å². The first-order valence-corrected chi connectivity index (χ1v) is 11.7. The highest BCUT2D eigenvalue weighted by atomic mass is 32.2. The Morgan fingerprint density at radius 3 is 2.18 bits per heavy atom. The van der Waals surface area contributed by atoms with Crippen molar-refractivity contribution in [3.05, 3.63) is 54.6 Å². The van der Waals surface area contributed by atoms with Gasteiger partial charge in [0.1, 0.15) is 9.84 Å². The Balaban J connectivity index is 1.37. The molecule has 4 rings (SSSR count). The van der Waals surface area contributed by atoms with E-state index in [0.717, 1.165) is 42.5 Å². The lowest BCUT2D eigenvalue weighted by atomic mass is 9.74. The van der Waals surface area contributed by atoms with Gasteiger partial charge in [-0.25, -0.2) is 13.2 Å². The zero-order valence-electron chi connectivity index (χ0n) is 15.9. The van der Waals surface area contributed by atoms with Crippen LogP contribution in [0.25, 0.3) is 11.1 Å². The Morgan fingerprint density at radius 1 is 0.857 bits per heavy atom. The molecule has 2 amide bonds. The van der Waals surface area contributed by atoms with Crippen molar-refractivity contribution >= 4 is 21.6 Å². The molecule has 0 atom stereocenters. The number of amides is 2. The van der Waals surface area contributed by atoms with E-state index in [2.05, 4.69) is 17.4 Å². The topological polar surface area (TPSA) is 66.5 Å². The number of carbonyl (C=O) groups is 1. The average molecular weight is 399 g/mol. The molecule has 0 unspecified atom stereocenters. The van der Waals surface area contributed by atoms with Gasteiger partial charge >= 0.3 is 6.03 Å². The van der Waals surface area contributed by atoms with Crippen LogP contribution in [0.15, 0.2) is 54.6 Å². The van der Waals surface area contributed by atoms with Gasteiger partial charge in [-0.3, -0.25) is 0 Å². The maximum absolute atomic E-state index is 12.7. The van der Waals surface area contributed by atoms with Crippen molar-refractivity contribution in [2.75, 3.05) is 29.9 Å². The summed E-state index contributed by atoms with van der Waals surface area (Å²) in [5.41, 5.74) is 3.08. The molecule has 6 heteroatoms. The van der Waals surface area contributed by atoms with Crippen molar-refractivity contribution in [3.8, 4) is 11.1 Å². The van der Waals surface area contributed by atoms with Gasteiger partial charge in [-0.1, -0.05) is 42.5 Å². The number of benzene rings is 2. The molecular weight excluding hydrogens is 372 g/mol. The van der Waals surface area contributed by atoms with Gasteiger partial charge in [0.2, 0.25) is 0 Å². The minimum absolute atomic E-state index is 0.0801. The molecule has 0 bridgehead atoms. The fourth-order valence-corrected chi connectivity index (χ4v) is 5.96. The van der Waals surface area contributed by atoms with Gasteiger partial charge in [-0.05, 0) is 54.4 Å². The summed E-state index contributed by atoms with van der Waals surface area (Å²) in [4.78, 5) is 14.6. The number of urea groups is 1. The summed E-state index contributed by atoms with van der Waals surface area (Å²) >= 11 is 0. The highest BCUT2D eigenvalue weighted by Crippen LogP contribution is 2.42. The lowest BCUT2D eigenvalue weighted by Gasteiger charge is -2.43. The molecule has 5 nitrogen and oxygen atoms in total. The van der Waals surface area contributed by atoms with E-state index in [9.17, 15) is 13.2 Å². The van der Waals surface area contributed by atoms with E-state index in [1.165, 1.54) is 0 Å². The number of nitrogens with one attached hydrogen (secondary N) is 1. The maximum Gasteiger partial charge on any atom is 0.321 e. The number of nitrogens with zero attached hydrogens (tertiary/aromatic N) is 1. The van der Waals surface area contributed by atoms with Crippen LogP contribution in [-0.2, 0) is 9.84 Å². The Hall–Kier alpha value is -2.34. The third-order valence-corrected chi connectivity index (χ3v) is 7.87. The SMILES string of the molecule is O=C(Nc1cccc(-c2ccccc2)c1)N1CCC2(CC1)CCS(=O)(=O)CC2. The molecule has 2 aliphatic rings. The normalized spacial score (nSPS) is 20.6. The molecule has 1 N–H and O–H groups in total. The van der Waals surface area contributed by atoms with Crippen LogP contribution in [0.4, 0.5) is 10.5 Å². The average Bonchev–Trinajstić information content (AvgIpc) is 2.72. The quantitative estimate of drug-likeness (QED) is 0.825. The van der Waals surface area contributed by atoms with Crippen LogP contribution >= 0.6 is 0 Å². The molecule has 2 fully saturated rings. The number of hydrogen-bond donors (Lipinski definition) is 1. The molecule has 28 heavy (non-hydrogen) atoms. The molecule has 0 saturated carbocycles. The fourth-order valence-electron chi connectivity index (χ4n) is 4.26. The summed E-state index contributed by atoms with van der Waals surface area (Å²) in [6.45, 7) is 1.37. The van der Waals surface area contributed by atoms with Crippen molar-refractivity contribution < 1.29 is 13.2 Å². The first-order chi connectivity index (χ1) is 13.4. The summed E-state index contributed by atoms with van der Waals surface area (Å²) in [7, 11) is -2.85. The van der Waals surface area contributed by atoms with E-state index >= 15 is 0 Å².